The Labute approximate surface area is 123 Å². The van der Waals surface area contributed by atoms with Gasteiger partial charge in [0, 0.05) is 29.0 Å². The SMILES string of the molecule is CCC(NCc1ccc2ncccc2c1)c1cccs1. The zero-order chi connectivity index (χ0) is 13.8. The normalized spacial score (nSPS) is 12.7. The first-order valence-corrected chi connectivity index (χ1v) is 7.85. The topological polar surface area (TPSA) is 24.9 Å². The van der Waals surface area contributed by atoms with E-state index in [9.17, 15) is 0 Å². The predicted octanol–water partition coefficient (Wildman–Crippen LogP) is 4.54. The van der Waals surface area contributed by atoms with E-state index in [0.717, 1.165) is 18.5 Å². The predicted molar refractivity (Wildman–Crippen MR) is 85.9 cm³/mol. The third-order valence-electron chi connectivity index (χ3n) is 3.51. The van der Waals surface area contributed by atoms with E-state index in [1.807, 2.05) is 23.6 Å². The van der Waals surface area contributed by atoms with E-state index in [1.165, 1.54) is 15.8 Å². The van der Waals surface area contributed by atoms with Crippen molar-refractivity contribution in [3.63, 3.8) is 0 Å². The van der Waals surface area contributed by atoms with Crippen LogP contribution < -0.4 is 5.32 Å². The van der Waals surface area contributed by atoms with Crippen molar-refractivity contribution < 1.29 is 0 Å². The number of hydrogen-bond acceptors (Lipinski definition) is 3. The summed E-state index contributed by atoms with van der Waals surface area (Å²) in [6.45, 7) is 3.11. The van der Waals surface area contributed by atoms with Gasteiger partial charge in [0.25, 0.3) is 0 Å². The summed E-state index contributed by atoms with van der Waals surface area (Å²) in [5.41, 5.74) is 2.36. The first-order chi connectivity index (χ1) is 9.86. The standard InChI is InChI=1S/C17H18N2S/c1-2-15(17-6-4-10-20-17)19-12-13-7-8-16-14(11-13)5-3-9-18-16/h3-11,15,19H,2,12H2,1H3. The first-order valence-electron chi connectivity index (χ1n) is 6.97. The molecule has 2 aromatic heterocycles. The lowest BCUT2D eigenvalue weighted by Crippen LogP contribution is -2.19. The summed E-state index contributed by atoms with van der Waals surface area (Å²) in [7, 11) is 0. The second-order valence-electron chi connectivity index (χ2n) is 4.89. The van der Waals surface area contributed by atoms with Crippen molar-refractivity contribution in [3.8, 4) is 0 Å². The molecule has 3 rings (SSSR count). The lowest BCUT2D eigenvalue weighted by Gasteiger charge is -2.15. The average Bonchev–Trinajstić information content (AvgIpc) is 3.02. The molecule has 0 aliphatic carbocycles. The van der Waals surface area contributed by atoms with Gasteiger partial charge in [0.1, 0.15) is 0 Å². The van der Waals surface area contributed by atoms with Crippen molar-refractivity contribution in [1.29, 1.82) is 0 Å². The van der Waals surface area contributed by atoms with E-state index in [0.29, 0.717) is 6.04 Å². The number of nitrogens with one attached hydrogen (secondary N) is 1. The van der Waals surface area contributed by atoms with Crippen LogP contribution >= 0.6 is 11.3 Å². The Morgan fingerprint density at radius 3 is 2.95 bits per heavy atom. The minimum Gasteiger partial charge on any atom is -0.305 e. The maximum absolute atomic E-state index is 4.36. The molecule has 3 heteroatoms. The number of hydrogen-bond donors (Lipinski definition) is 1. The third kappa shape index (κ3) is 2.89. The van der Waals surface area contributed by atoms with E-state index in [4.69, 9.17) is 0 Å². The van der Waals surface area contributed by atoms with E-state index in [1.54, 1.807) is 0 Å². The molecule has 0 amide bonds. The largest absolute Gasteiger partial charge is 0.305 e. The molecule has 0 spiro atoms. The molecule has 20 heavy (non-hydrogen) atoms. The van der Waals surface area contributed by atoms with Gasteiger partial charge in [-0.1, -0.05) is 25.1 Å². The van der Waals surface area contributed by atoms with Gasteiger partial charge in [-0.2, -0.15) is 0 Å². The monoisotopic (exact) mass is 282 g/mol. The summed E-state index contributed by atoms with van der Waals surface area (Å²) in [4.78, 5) is 5.77. The van der Waals surface area contributed by atoms with E-state index in [2.05, 4.69) is 59.0 Å². The minimum atomic E-state index is 0.444. The maximum Gasteiger partial charge on any atom is 0.0702 e. The molecular weight excluding hydrogens is 264 g/mol. The van der Waals surface area contributed by atoms with Gasteiger partial charge in [-0.25, -0.2) is 0 Å². The molecular formula is C17H18N2S. The fourth-order valence-corrected chi connectivity index (χ4v) is 3.30. The van der Waals surface area contributed by atoms with Crippen LogP contribution in [-0.4, -0.2) is 4.98 Å². The Hall–Kier alpha value is -1.71. The molecule has 1 aromatic carbocycles. The average molecular weight is 282 g/mol. The van der Waals surface area contributed by atoms with E-state index in [-0.39, 0.29) is 0 Å². The van der Waals surface area contributed by atoms with E-state index < -0.39 is 0 Å². The second kappa shape index (κ2) is 6.16. The molecule has 2 nitrogen and oxygen atoms in total. The summed E-state index contributed by atoms with van der Waals surface area (Å²) in [6.07, 6.45) is 2.94. The first kappa shape index (κ1) is 13.3. The van der Waals surface area contributed by atoms with Crippen LogP contribution in [-0.2, 0) is 6.54 Å². The van der Waals surface area contributed by atoms with Crippen molar-refractivity contribution in [2.24, 2.45) is 0 Å². The minimum absolute atomic E-state index is 0.444. The Morgan fingerprint density at radius 2 is 2.15 bits per heavy atom. The van der Waals surface area contributed by atoms with E-state index >= 15 is 0 Å². The number of nitrogens with zero attached hydrogens (tertiary/aromatic N) is 1. The van der Waals surface area contributed by atoms with Gasteiger partial charge < -0.3 is 5.32 Å². The highest BCUT2D eigenvalue weighted by atomic mass is 32.1. The Bertz CT molecular complexity index is 676. The molecule has 0 aliphatic rings. The Kier molecular flexibility index (Phi) is 4.09. The van der Waals surface area contributed by atoms with Crippen LogP contribution in [0, 0.1) is 0 Å². The lowest BCUT2D eigenvalue weighted by atomic mass is 10.1. The van der Waals surface area contributed by atoms with Crippen LogP contribution in [0.15, 0.2) is 54.0 Å². The highest BCUT2D eigenvalue weighted by molar-refractivity contribution is 7.10. The summed E-state index contributed by atoms with van der Waals surface area (Å²) >= 11 is 1.82. The quantitative estimate of drug-likeness (QED) is 0.743. The van der Waals surface area contributed by atoms with Crippen molar-refractivity contribution >= 4 is 22.2 Å². The number of rotatable bonds is 5. The van der Waals surface area contributed by atoms with Gasteiger partial charge in [0.15, 0.2) is 0 Å². The van der Waals surface area contributed by atoms with Crippen molar-refractivity contribution in [2.45, 2.75) is 25.9 Å². The van der Waals surface area contributed by atoms with Crippen molar-refractivity contribution in [2.75, 3.05) is 0 Å². The van der Waals surface area contributed by atoms with Crippen molar-refractivity contribution in [3.05, 3.63) is 64.5 Å². The van der Waals surface area contributed by atoms with Crippen LogP contribution in [0.5, 0.6) is 0 Å². The number of benzene rings is 1. The van der Waals surface area contributed by atoms with Gasteiger partial charge in [-0.05, 0) is 41.6 Å². The molecule has 3 aromatic rings. The fraction of sp³-hybridized carbons (Fsp3) is 0.235. The fourth-order valence-electron chi connectivity index (χ4n) is 2.41. The van der Waals surface area contributed by atoms with Crippen LogP contribution in [0.1, 0.15) is 29.8 Å². The summed E-state index contributed by atoms with van der Waals surface area (Å²) in [6, 6.07) is 15.3. The van der Waals surface area contributed by atoms with Gasteiger partial charge in [-0.3, -0.25) is 4.98 Å². The molecule has 2 heterocycles. The summed E-state index contributed by atoms with van der Waals surface area (Å²) in [5.74, 6) is 0. The second-order valence-corrected chi connectivity index (χ2v) is 5.87. The molecule has 0 saturated heterocycles. The highest BCUT2D eigenvalue weighted by Crippen LogP contribution is 2.22. The molecule has 102 valence electrons. The summed E-state index contributed by atoms with van der Waals surface area (Å²) < 4.78 is 0. The smallest absolute Gasteiger partial charge is 0.0702 e. The van der Waals surface area contributed by atoms with Crippen LogP contribution in [0.25, 0.3) is 10.9 Å². The molecule has 0 aliphatic heterocycles. The van der Waals surface area contributed by atoms with Crippen LogP contribution in [0.2, 0.25) is 0 Å². The Morgan fingerprint density at radius 1 is 1.20 bits per heavy atom. The van der Waals surface area contributed by atoms with Crippen LogP contribution in [0.4, 0.5) is 0 Å². The number of thiophene rings is 1. The molecule has 1 N–H and O–H groups in total. The van der Waals surface area contributed by atoms with Gasteiger partial charge >= 0.3 is 0 Å². The van der Waals surface area contributed by atoms with Gasteiger partial charge in [-0.15, -0.1) is 11.3 Å². The molecule has 1 unspecified atom stereocenters. The van der Waals surface area contributed by atoms with Crippen LogP contribution in [0.3, 0.4) is 0 Å². The number of pyridine rings is 1. The Balaban J connectivity index is 1.73. The zero-order valence-electron chi connectivity index (χ0n) is 11.5. The molecule has 0 saturated carbocycles. The van der Waals surface area contributed by atoms with Crippen molar-refractivity contribution in [1.82, 2.24) is 10.3 Å². The highest BCUT2D eigenvalue weighted by Gasteiger charge is 2.09. The maximum atomic E-state index is 4.36. The zero-order valence-corrected chi connectivity index (χ0v) is 12.4. The molecule has 0 fully saturated rings. The molecule has 0 radical (unpaired) electrons. The number of fused-ring (bicyclic) bond motifs is 1. The third-order valence-corrected chi connectivity index (χ3v) is 4.50. The van der Waals surface area contributed by atoms with Gasteiger partial charge in [0.05, 0.1) is 5.52 Å². The molecule has 0 bridgehead atoms. The number of aromatic nitrogens is 1. The summed E-state index contributed by atoms with van der Waals surface area (Å²) in [5, 5.41) is 6.99. The molecule has 1 atom stereocenters. The van der Waals surface area contributed by atoms with Gasteiger partial charge in [0.2, 0.25) is 0 Å². The lowest BCUT2D eigenvalue weighted by molar-refractivity contribution is 0.527.